The minimum absolute atomic E-state index is 0.00317. The highest BCUT2D eigenvalue weighted by atomic mass is 35.5. The molecule has 0 aliphatic heterocycles. The SMILES string of the molecule is C=C(CCNC(=O)COc1ccc(Cl)c(F)c1)c1nnc(C)o1. The van der Waals surface area contributed by atoms with Crippen molar-refractivity contribution in [2.24, 2.45) is 0 Å². The molecule has 0 aliphatic rings. The van der Waals surface area contributed by atoms with Gasteiger partial charge in [0.2, 0.25) is 11.8 Å². The van der Waals surface area contributed by atoms with Gasteiger partial charge in [0.15, 0.2) is 6.61 Å². The van der Waals surface area contributed by atoms with E-state index in [1.54, 1.807) is 6.92 Å². The van der Waals surface area contributed by atoms with Crippen molar-refractivity contribution in [3.63, 3.8) is 0 Å². The van der Waals surface area contributed by atoms with E-state index in [0.717, 1.165) is 6.07 Å². The van der Waals surface area contributed by atoms with Crippen molar-refractivity contribution in [1.29, 1.82) is 0 Å². The standard InChI is InChI=1S/C15H15ClFN3O3/c1-9(15-20-19-10(2)23-15)5-6-18-14(21)8-22-11-3-4-12(16)13(17)7-11/h3-4,7H,1,5-6,8H2,2H3,(H,18,21). The molecule has 1 aromatic carbocycles. The molecule has 122 valence electrons. The van der Waals surface area contributed by atoms with E-state index in [4.69, 9.17) is 20.8 Å². The van der Waals surface area contributed by atoms with Crippen LogP contribution in [-0.4, -0.2) is 29.3 Å². The zero-order chi connectivity index (χ0) is 16.8. The summed E-state index contributed by atoms with van der Waals surface area (Å²) in [6.07, 6.45) is 0.461. The van der Waals surface area contributed by atoms with E-state index in [-0.39, 0.29) is 23.3 Å². The van der Waals surface area contributed by atoms with Crippen LogP contribution in [-0.2, 0) is 4.79 Å². The molecule has 23 heavy (non-hydrogen) atoms. The van der Waals surface area contributed by atoms with Crippen molar-refractivity contribution in [3.05, 3.63) is 47.4 Å². The van der Waals surface area contributed by atoms with Crippen LogP contribution in [0.2, 0.25) is 5.02 Å². The van der Waals surface area contributed by atoms with E-state index in [9.17, 15) is 9.18 Å². The van der Waals surface area contributed by atoms with E-state index in [1.807, 2.05) is 0 Å². The van der Waals surface area contributed by atoms with Gasteiger partial charge in [-0.25, -0.2) is 4.39 Å². The number of rotatable bonds is 7. The summed E-state index contributed by atoms with van der Waals surface area (Å²) in [5.41, 5.74) is 0.631. The Morgan fingerprint density at radius 2 is 2.26 bits per heavy atom. The van der Waals surface area contributed by atoms with Gasteiger partial charge in [0.05, 0.1) is 5.02 Å². The number of carbonyl (C=O) groups excluding carboxylic acids is 1. The number of benzene rings is 1. The van der Waals surface area contributed by atoms with E-state index in [2.05, 4.69) is 22.1 Å². The summed E-state index contributed by atoms with van der Waals surface area (Å²) in [6, 6.07) is 3.97. The van der Waals surface area contributed by atoms with Crippen LogP contribution in [0.3, 0.4) is 0 Å². The number of hydrogen-bond donors (Lipinski definition) is 1. The Morgan fingerprint density at radius 3 is 2.91 bits per heavy atom. The molecule has 1 aromatic heterocycles. The monoisotopic (exact) mass is 339 g/mol. The number of ether oxygens (including phenoxy) is 1. The lowest BCUT2D eigenvalue weighted by Crippen LogP contribution is -2.29. The number of hydrogen-bond acceptors (Lipinski definition) is 5. The number of nitrogens with one attached hydrogen (secondary N) is 1. The third-order valence-electron chi connectivity index (χ3n) is 2.84. The average Bonchev–Trinajstić information content (AvgIpc) is 2.95. The quantitative estimate of drug-likeness (QED) is 0.839. The van der Waals surface area contributed by atoms with Crippen LogP contribution >= 0.6 is 11.6 Å². The van der Waals surface area contributed by atoms with Crippen LogP contribution in [0.25, 0.3) is 5.57 Å². The maximum absolute atomic E-state index is 13.2. The zero-order valence-electron chi connectivity index (χ0n) is 12.4. The van der Waals surface area contributed by atoms with Gasteiger partial charge in [-0.1, -0.05) is 18.2 Å². The Kier molecular flexibility index (Phi) is 5.70. The van der Waals surface area contributed by atoms with Gasteiger partial charge in [0, 0.05) is 25.1 Å². The summed E-state index contributed by atoms with van der Waals surface area (Å²) in [5, 5.41) is 10.2. The van der Waals surface area contributed by atoms with Gasteiger partial charge in [-0.05, 0) is 18.6 Å². The lowest BCUT2D eigenvalue weighted by atomic mass is 10.2. The highest BCUT2D eigenvalue weighted by molar-refractivity contribution is 6.30. The maximum atomic E-state index is 13.2. The number of halogens is 2. The van der Waals surface area contributed by atoms with Gasteiger partial charge in [0.25, 0.3) is 5.91 Å². The highest BCUT2D eigenvalue weighted by Gasteiger charge is 2.09. The molecule has 6 nitrogen and oxygen atoms in total. The van der Waals surface area contributed by atoms with Crippen LogP contribution in [0, 0.1) is 12.7 Å². The minimum Gasteiger partial charge on any atom is -0.484 e. The molecule has 0 radical (unpaired) electrons. The predicted molar refractivity (Wildman–Crippen MR) is 82.6 cm³/mol. The van der Waals surface area contributed by atoms with Crippen LogP contribution < -0.4 is 10.1 Å². The van der Waals surface area contributed by atoms with Crippen molar-refractivity contribution < 1.29 is 18.3 Å². The van der Waals surface area contributed by atoms with Crippen molar-refractivity contribution in [2.75, 3.05) is 13.2 Å². The zero-order valence-corrected chi connectivity index (χ0v) is 13.2. The minimum atomic E-state index is -0.601. The highest BCUT2D eigenvalue weighted by Crippen LogP contribution is 2.20. The topological polar surface area (TPSA) is 77.2 Å². The van der Waals surface area contributed by atoms with Gasteiger partial charge in [0.1, 0.15) is 11.6 Å². The fourth-order valence-electron chi connectivity index (χ4n) is 1.67. The Morgan fingerprint density at radius 1 is 1.48 bits per heavy atom. The Bertz CT molecular complexity index is 718. The number of nitrogens with zero attached hydrogens (tertiary/aromatic N) is 2. The van der Waals surface area contributed by atoms with Crippen LogP contribution in [0.1, 0.15) is 18.2 Å². The van der Waals surface area contributed by atoms with E-state index in [0.29, 0.717) is 30.3 Å². The van der Waals surface area contributed by atoms with Gasteiger partial charge < -0.3 is 14.5 Å². The molecular weight excluding hydrogens is 325 g/mol. The van der Waals surface area contributed by atoms with Gasteiger partial charge in [-0.15, -0.1) is 10.2 Å². The Hall–Kier alpha value is -2.41. The smallest absolute Gasteiger partial charge is 0.257 e. The molecule has 0 saturated heterocycles. The average molecular weight is 340 g/mol. The summed E-state index contributed by atoms with van der Waals surface area (Å²) in [6.45, 7) is 5.61. The van der Waals surface area contributed by atoms with E-state index in [1.165, 1.54) is 12.1 Å². The molecule has 1 heterocycles. The first-order valence-corrected chi connectivity index (χ1v) is 7.16. The second-order valence-corrected chi connectivity index (χ2v) is 5.10. The molecule has 2 aromatic rings. The van der Waals surface area contributed by atoms with Crippen molar-refractivity contribution in [1.82, 2.24) is 15.5 Å². The number of amides is 1. The van der Waals surface area contributed by atoms with Crippen molar-refractivity contribution in [2.45, 2.75) is 13.3 Å². The summed E-state index contributed by atoms with van der Waals surface area (Å²) in [7, 11) is 0. The summed E-state index contributed by atoms with van der Waals surface area (Å²) in [4.78, 5) is 11.7. The van der Waals surface area contributed by atoms with E-state index < -0.39 is 5.82 Å². The lowest BCUT2D eigenvalue weighted by molar-refractivity contribution is -0.123. The van der Waals surface area contributed by atoms with Crippen molar-refractivity contribution >= 4 is 23.1 Å². The molecule has 1 amide bonds. The number of aryl methyl sites for hydroxylation is 1. The van der Waals surface area contributed by atoms with Gasteiger partial charge in [-0.2, -0.15) is 0 Å². The third kappa shape index (κ3) is 5.07. The molecule has 0 fully saturated rings. The number of carbonyl (C=O) groups is 1. The molecule has 0 aliphatic carbocycles. The van der Waals surface area contributed by atoms with Crippen LogP contribution in [0.15, 0.2) is 29.2 Å². The summed E-state index contributed by atoms with van der Waals surface area (Å²) in [5.74, 6) is 0.0943. The Balaban J connectivity index is 1.70. The second-order valence-electron chi connectivity index (χ2n) is 4.69. The normalized spacial score (nSPS) is 10.4. The molecule has 2 rings (SSSR count). The molecule has 0 spiro atoms. The fraction of sp³-hybridized carbons (Fsp3) is 0.267. The summed E-state index contributed by atoms with van der Waals surface area (Å²) >= 11 is 5.56. The first kappa shape index (κ1) is 17.0. The first-order valence-electron chi connectivity index (χ1n) is 6.78. The third-order valence-corrected chi connectivity index (χ3v) is 3.14. The molecule has 0 atom stereocenters. The van der Waals surface area contributed by atoms with Crippen LogP contribution in [0.4, 0.5) is 4.39 Å². The lowest BCUT2D eigenvalue weighted by Gasteiger charge is -2.08. The fourth-order valence-corrected chi connectivity index (χ4v) is 1.78. The van der Waals surface area contributed by atoms with Gasteiger partial charge in [-0.3, -0.25) is 4.79 Å². The first-order chi connectivity index (χ1) is 11.0. The second kappa shape index (κ2) is 7.73. The van der Waals surface area contributed by atoms with Crippen LogP contribution in [0.5, 0.6) is 5.75 Å². The molecule has 1 N–H and O–H groups in total. The number of aromatic nitrogens is 2. The van der Waals surface area contributed by atoms with Crippen molar-refractivity contribution in [3.8, 4) is 5.75 Å². The molecule has 0 unspecified atom stereocenters. The largest absolute Gasteiger partial charge is 0.484 e. The Labute approximate surface area is 137 Å². The maximum Gasteiger partial charge on any atom is 0.257 e. The molecule has 8 heteroatoms. The molecule has 0 saturated carbocycles. The van der Waals surface area contributed by atoms with Gasteiger partial charge >= 0.3 is 0 Å². The summed E-state index contributed by atoms with van der Waals surface area (Å²) < 4.78 is 23.6. The molecular formula is C15H15ClFN3O3. The molecule has 0 bridgehead atoms. The van der Waals surface area contributed by atoms with E-state index >= 15 is 0 Å². The predicted octanol–water partition coefficient (Wildman–Crippen LogP) is 2.77.